The molecule has 1 N–H and O–H groups in total. The second kappa shape index (κ2) is 7.61. The topological polar surface area (TPSA) is 67.6 Å². The highest BCUT2D eigenvalue weighted by Gasteiger charge is 2.22. The predicted octanol–water partition coefficient (Wildman–Crippen LogP) is 1.23. The zero-order chi connectivity index (χ0) is 15.2. The number of nitrogens with zero attached hydrogens (tertiary/aromatic N) is 3. The minimum atomic E-state index is -0.284. The number of hydrogen-bond donors (Lipinski definition) is 1. The van der Waals surface area contributed by atoms with Crippen LogP contribution in [0.3, 0.4) is 0 Å². The fourth-order valence-electron chi connectivity index (χ4n) is 2.37. The van der Waals surface area contributed by atoms with Gasteiger partial charge in [0, 0.05) is 13.1 Å². The molecular weight excluding hydrogens is 254 g/mol. The Morgan fingerprint density at radius 2 is 2.05 bits per heavy atom. The van der Waals surface area contributed by atoms with Gasteiger partial charge >= 0.3 is 0 Å². The number of hydrogen-bond acceptors (Lipinski definition) is 4. The Hall–Kier alpha value is -1.12. The van der Waals surface area contributed by atoms with Gasteiger partial charge in [0.05, 0.1) is 24.1 Å². The van der Waals surface area contributed by atoms with Crippen LogP contribution in [-0.2, 0) is 4.79 Å². The van der Waals surface area contributed by atoms with E-state index >= 15 is 0 Å². The molecule has 1 amide bonds. The van der Waals surface area contributed by atoms with E-state index in [4.69, 9.17) is 5.26 Å². The van der Waals surface area contributed by atoms with E-state index in [9.17, 15) is 9.90 Å². The third-order valence-electron chi connectivity index (χ3n) is 3.87. The van der Waals surface area contributed by atoms with Crippen LogP contribution in [0.2, 0.25) is 0 Å². The summed E-state index contributed by atoms with van der Waals surface area (Å²) in [6, 6.07) is 2.29. The minimum Gasteiger partial charge on any atom is -0.393 e. The molecule has 0 aromatic heterocycles. The number of carbonyl (C=O) groups is 1. The lowest BCUT2D eigenvalue weighted by Crippen LogP contribution is -2.44. The van der Waals surface area contributed by atoms with Gasteiger partial charge in [0.15, 0.2) is 0 Å². The second-order valence-corrected chi connectivity index (χ2v) is 6.45. The monoisotopic (exact) mass is 281 g/mol. The van der Waals surface area contributed by atoms with Crippen LogP contribution in [0.15, 0.2) is 0 Å². The number of nitriles is 1. The van der Waals surface area contributed by atoms with Gasteiger partial charge in [0.2, 0.25) is 5.91 Å². The average molecular weight is 281 g/mol. The van der Waals surface area contributed by atoms with Gasteiger partial charge in [-0.3, -0.25) is 9.69 Å². The van der Waals surface area contributed by atoms with Crippen LogP contribution in [-0.4, -0.2) is 60.1 Å². The number of likely N-dealkylation sites (N-methyl/N-ethyl adjacent to an activating group) is 1. The first kappa shape index (κ1) is 16.9. The van der Waals surface area contributed by atoms with Crippen LogP contribution >= 0.6 is 0 Å². The minimum absolute atomic E-state index is 0.138. The fraction of sp³-hybridized carbons (Fsp3) is 0.867. The number of carbonyl (C=O) groups excluding carboxylic acids is 1. The van der Waals surface area contributed by atoms with Gasteiger partial charge < -0.3 is 10.0 Å². The zero-order valence-corrected chi connectivity index (χ0v) is 12.9. The summed E-state index contributed by atoms with van der Waals surface area (Å²) in [5, 5.41) is 18.4. The molecule has 0 aliphatic carbocycles. The lowest BCUT2D eigenvalue weighted by Gasteiger charge is -2.31. The maximum absolute atomic E-state index is 12.1. The number of aliphatic hydroxyl groups excluding tert-OH is 1. The highest BCUT2D eigenvalue weighted by atomic mass is 16.3. The highest BCUT2D eigenvalue weighted by Crippen LogP contribution is 2.20. The Kier molecular flexibility index (Phi) is 6.44. The van der Waals surface area contributed by atoms with Crippen molar-refractivity contribution in [1.82, 2.24) is 9.80 Å². The van der Waals surface area contributed by atoms with E-state index in [1.807, 2.05) is 30.7 Å². The first-order valence-electron chi connectivity index (χ1n) is 7.40. The summed E-state index contributed by atoms with van der Waals surface area (Å²) in [5.41, 5.74) is -0.284. The van der Waals surface area contributed by atoms with E-state index in [0.717, 1.165) is 19.4 Å². The van der Waals surface area contributed by atoms with Crippen molar-refractivity contribution in [3.05, 3.63) is 0 Å². The largest absolute Gasteiger partial charge is 0.393 e. The Labute approximate surface area is 122 Å². The number of amides is 1. The Balaban J connectivity index is 2.23. The molecule has 0 aromatic carbocycles. The number of likely N-dealkylation sites (tertiary alicyclic amines) is 1. The highest BCUT2D eigenvalue weighted by molar-refractivity contribution is 5.78. The lowest BCUT2D eigenvalue weighted by molar-refractivity contribution is -0.134. The lowest BCUT2D eigenvalue weighted by atomic mass is 9.90. The molecule has 5 nitrogen and oxygen atoms in total. The van der Waals surface area contributed by atoms with Gasteiger partial charge in [0.25, 0.3) is 0 Å². The third-order valence-corrected chi connectivity index (χ3v) is 3.87. The van der Waals surface area contributed by atoms with E-state index in [-0.39, 0.29) is 17.4 Å². The van der Waals surface area contributed by atoms with Crippen LogP contribution < -0.4 is 0 Å². The molecule has 0 bridgehead atoms. The smallest absolute Gasteiger partial charge is 0.236 e. The van der Waals surface area contributed by atoms with Gasteiger partial charge in [-0.25, -0.2) is 0 Å². The molecular formula is C15H27N3O2. The molecule has 0 unspecified atom stereocenters. The predicted molar refractivity (Wildman–Crippen MR) is 77.9 cm³/mol. The van der Waals surface area contributed by atoms with Crippen molar-refractivity contribution in [2.45, 2.75) is 45.6 Å². The molecule has 1 heterocycles. The molecule has 0 spiro atoms. The molecule has 0 saturated carbocycles. The maximum Gasteiger partial charge on any atom is 0.236 e. The quantitative estimate of drug-likeness (QED) is 0.795. The summed E-state index contributed by atoms with van der Waals surface area (Å²) in [6.45, 7) is 6.45. The number of rotatable bonds is 6. The number of piperidine rings is 1. The molecule has 1 aliphatic heterocycles. The van der Waals surface area contributed by atoms with Crippen LogP contribution in [0.5, 0.6) is 0 Å². The molecule has 0 aromatic rings. The molecule has 0 atom stereocenters. The zero-order valence-electron chi connectivity index (χ0n) is 12.9. The van der Waals surface area contributed by atoms with E-state index in [1.165, 1.54) is 0 Å². The first-order chi connectivity index (χ1) is 9.34. The molecule has 1 fully saturated rings. The van der Waals surface area contributed by atoms with E-state index in [1.54, 1.807) is 0 Å². The molecule has 0 radical (unpaired) electrons. The summed E-state index contributed by atoms with van der Waals surface area (Å²) >= 11 is 0. The summed E-state index contributed by atoms with van der Waals surface area (Å²) in [6.07, 6.45) is 2.89. The SMILES string of the molecule is CN(CCCC(C)(C)C#N)CC(=O)N1CCC(O)CC1. The van der Waals surface area contributed by atoms with Gasteiger partial charge in [0.1, 0.15) is 0 Å². The van der Waals surface area contributed by atoms with Crippen LogP contribution in [0, 0.1) is 16.7 Å². The van der Waals surface area contributed by atoms with Crippen molar-refractivity contribution in [3.8, 4) is 6.07 Å². The second-order valence-electron chi connectivity index (χ2n) is 6.45. The summed E-state index contributed by atoms with van der Waals surface area (Å²) < 4.78 is 0. The van der Waals surface area contributed by atoms with E-state index < -0.39 is 0 Å². The maximum atomic E-state index is 12.1. The van der Waals surface area contributed by atoms with Crippen LogP contribution in [0.1, 0.15) is 39.5 Å². The van der Waals surface area contributed by atoms with Gasteiger partial charge in [-0.2, -0.15) is 5.26 Å². The van der Waals surface area contributed by atoms with Crippen LogP contribution in [0.25, 0.3) is 0 Å². The summed E-state index contributed by atoms with van der Waals surface area (Å²) in [7, 11) is 1.94. The van der Waals surface area contributed by atoms with E-state index in [0.29, 0.717) is 32.5 Å². The van der Waals surface area contributed by atoms with Crippen molar-refractivity contribution < 1.29 is 9.90 Å². The fourth-order valence-corrected chi connectivity index (χ4v) is 2.37. The average Bonchev–Trinajstić information content (AvgIpc) is 2.39. The normalized spacial score (nSPS) is 17.3. The van der Waals surface area contributed by atoms with Crippen molar-refractivity contribution in [2.75, 3.05) is 33.2 Å². The first-order valence-corrected chi connectivity index (χ1v) is 7.40. The Morgan fingerprint density at radius 3 is 2.60 bits per heavy atom. The number of aliphatic hydroxyl groups is 1. The van der Waals surface area contributed by atoms with Gasteiger partial charge in [-0.15, -0.1) is 0 Å². The molecule has 114 valence electrons. The van der Waals surface area contributed by atoms with Crippen molar-refractivity contribution in [2.24, 2.45) is 5.41 Å². The van der Waals surface area contributed by atoms with Crippen LogP contribution in [0.4, 0.5) is 0 Å². The van der Waals surface area contributed by atoms with E-state index in [2.05, 4.69) is 6.07 Å². The Morgan fingerprint density at radius 1 is 1.45 bits per heavy atom. The van der Waals surface area contributed by atoms with Crippen molar-refractivity contribution in [3.63, 3.8) is 0 Å². The molecule has 1 rings (SSSR count). The third kappa shape index (κ3) is 5.89. The molecule has 1 saturated heterocycles. The molecule has 5 heteroatoms. The van der Waals surface area contributed by atoms with Gasteiger partial charge in [-0.1, -0.05) is 0 Å². The standard InChI is InChI=1S/C15H27N3O2/c1-15(2,12-16)7-4-8-17(3)11-14(20)18-9-5-13(19)6-10-18/h13,19H,4-11H2,1-3H3. The summed E-state index contributed by atoms with van der Waals surface area (Å²) in [4.78, 5) is 15.9. The van der Waals surface area contributed by atoms with Crippen molar-refractivity contribution >= 4 is 5.91 Å². The molecule has 1 aliphatic rings. The van der Waals surface area contributed by atoms with Crippen molar-refractivity contribution in [1.29, 1.82) is 5.26 Å². The Bertz CT molecular complexity index is 355. The van der Waals surface area contributed by atoms with Gasteiger partial charge in [-0.05, 0) is 53.1 Å². The molecule has 20 heavy (non-hydrogen) atoms. The summed E-state index contributed by atoms with van der Waals surface area (Å²) in [5.74, 6) is 0.138.